The van der Waals surface area contributed by atoms with Crippen molar-refractivity contribution >= 4 is 5.78 Å². The number of carbonyl (C=O) groups excluding carboxylic acids is 1. The Morgan fingerprint density at radius 1 is 1.47 bits per heavy atom. The highest BCUT2D eigenvalue weighted by Gasteiger charge is 2.21. The van der Waals surface area contributed by atoms with E-state index in [-0.39, 0.29) is 18.2 Å². The number of Topliss-reactive ketones (excluding diaryl/α,β-unsaturated/α-hetero) is 1. The van der Waals surface area contributed by atoms with Crippen molar-refractivity contribution < 1.29 is 13.9 Å². The van der Waals surface area contributed by atoms with E-state index >= 15 is 0 Å². The first-order valence-corrected chi connectivity index (χ1v) is 5.12. The van der Waals surface area contributed by atoms with Gasteiger partial charge in [-0.05, 0) is 30.9 Å². The molecule has 3 heteroatoms. The minimum atomic E-state index is -0.386. The van der Waals surface area contributed by atoms with E-state index in [1.807, 2.05) is 0 Å². The maximum atomic E-state index is 12.8. The SMILES string of the molecule is O=C(COCC1CC1)c1cccc(F)c1. The average molecular weight is 208 g/mol. The molecule has 1 fully saturated rings. The Morgan fingerprint density at radius 2 is 2.27 bits per heavy atom. The number of hydrogen-bond acceptors (Lipinski definition) is 2. The summed E-state index contributed by atoms with van der Waals surface area (Å²) < 4.78 is 18.0. The highest BCUT2D eigenvalue weighted by Crippen LogP contribution is 2.28. The lowest BCUT2D eigenvalue weighted by Gasteiger charge is -2.02. The molecule has 1 aromatic carbocycles. The fourth-order valence-electron chi connectivity index (χ4n) is 1.35. The van der Waals surface area contributed by atoms with Crippen molar-refractivity contribution in [1.29, 1.82) is 0 Å². The van der Waals surface area contributed by atoms with E-state index in [1.54, 1.807) is 6.07 Å². The van der Waals surface area contributed by atoms with Gasteiger partial charge in [-0.3, -0.25) is 4.79 Å². The van der Waals surface area contributed by atoms with Crippen molar-refractivity contribution in [3.63, 3.8) is 0 Å². The van der Waals surface area contributed by atoms with Gasteiger partial charge in [-0.15, -0.1) is 0 Å². The molecule has 1 aliphatic carbocycles. The maximum Gasteiger partial charge on any atom is 0.188 e. The van der Waals surface area contributed by atoms with E-state index in [4.69, 9.17) is 4.74 Å². The van der Waals surface area contributed by atoms with Gasteiger partial charge in [-0.2, -0.15) is 0 Å². The predicted octanol–water partition coefficient (Wildman–Crippen LogP) is 2.44. The molecule has 2 rings (SSSR count). The van der Waals surface area contributed by atoms with Crippen LogP contribution < -0.4 is 0 Å². The lowest BCUT2D eigenvalue weighted by Crippen LogP contribution is -2.10. The summed E-state index contributed by atoms with van der Waals surface area (Å²) in [6, 6.07) is 5.69. The molecule has 80 valence electrons. The highest BCUT2D eigenvalue weighted by atomic mass is 19.1. The Balaban J connectivity index is 1.83. The lowest BCUT2D eigenvalue weighted by atomic mass is 10.1. The third-order valence-electron chi connectivity index (χ3n) is 2.43. The predicted molar refractivity (Wildman–Crippen MR) is 54.3 cm³/mol. The van der Waals surface area contributed by atoms with Crippen molar-refractivity contribution in [3.8, 4) is 0 Å². The fourth-order valence-corrected chi connectivity index (χ4v) is 1.35. The third-order valence-corrected chi connectivity index (χ3v) is 2.43. The van der Waals surface area contributed by atoms with Crippen LogP contribution >= 0.6 is 0 Å². The summed E-state index contributed by atoms with van der Waals surface area (Å²) in [6.07, 6.45) is 2.41. The number of hydrogen-bond donors (Lipinski definition) is 0. The molecule has 1 aliphatic rings. The maximum absolute atomic E-state index is 12.8. The van der Waals surface area contributed by atoms with Gasteiger partial charge in [-0.25, -0.2) is 4.39 Å². The Bertz CT molecular complexity index is 358. The quantitative estimate of drug-likeness (QED) is 0.695. The van der Waals surface area contributed by atoms with Crippen molar-refractivity contribution in [1.82, 2.24) is 0 Å². The second-order valence-electron chi connectivity index (χ2n) is 3.89. The monoisotopic (exact) mass is 208 g/mol. The van der Waals surface area contributed by atoms with E-state index < -0.39 is 0 Å². The molecule has 1 aromatic rings. The molecule has 0 bridgehead atoms. The molecule has 0 saturated heterocycles. The van der Waals surface area contributed by atoms with Gasteiger partial charge in [0.25, 0.3) is 0 Å². The van der Waals surface area contributed by atoms with E-state index in [0.717, 1.165) is 0 Å². The topological polar surface area (TPSA) is 26.3 Å². The molecule has 0 unspecified atom stereocenters. The smallest absolute Gasteiger partial charge is 0.188 e. The van der Waals surface area contributed by atoms with Crippen LogP contribution in [0.1, 0.15) is 23.2 Å². The molecule has 0 radical (unpaired) electrons. The van der Waals surface area contributed by atoms with Crippen molar-refractivity contribution in [3.05, 3.63) is 35.6 Å². The number of ketones is 1. The van der Waals surface area contributed by atoms with E-state index in [2.05, 4.69) is 0 Å². The zero-order valence-corrected chi connectivity index (χ0v) is 8.41. The van der Waals surface area contributed by atoms with E-state index in [1.165, 1.54) is 31.0 Å². The van der Waals surface area contributed by atoms with Crippen molar-refractivity contribution in [2.75, 3.05) is 13.2 Å². The molecule has 2 nitrogen and oxygen atoms in total. The number of rotatable bonds is 5. The first-order chi connectivity index (χ1) is 7.25. The largest absolute Gasteiger partial charge is 0.373 e. The molecule has 0 atom stereocenters. The van der Waals surface area contributed by atoms with Crippen molar-refractivity contribution in [2.45, 2.75) is 12.8 Å². The Kier molecular flexibility index (Phi) is 3.11. The fraction of sp³-hybridized carbons (Fsp3) is 0.417. The molecule has 0 heterocycles. The summed E-state index contributed by atoms with van der Waals surface area (Å²) in [4.78, 5) is 11.5. The molecule has 0 aromatic heterocycles. The van der Waals surface area contributed by atoms with Crippen LogP contribution in [0.2, 0.25) is 0 Å². The molecule has 0 amide bonds. The van der Waals surface area contributed by atoms with Gasteiger partial charge in [0, 0.05) is 5.56 Å². The van der Waals surface area contributed by atoms with Crippen LogP contribution in [0.4, 0.5) is 4.39 Å². The molecule has 0 spiro atoms. The average Bonchev–Trinajstić information content (AvgIpc) is 3.01. The third kappa shape index (κ3) is 3.13. The number of ether oxygens (including phenoxy) is 1. The molecule has 0 N–H and O–H groups in total. The highest BCUT2D eigenvalue weighted by molar-refractivity contribution is 5.97. The summed E-state index contributed by atoms with van der Waals surface area (Å²) >= 11 is 0. The molecule has 0 aliphatic heterocycles. The van der Waals surface area contributed by atoms with Crippen LogP contribution in [0.3, 0.4) is 0 Å². The van der Waals surface area contributed by atoms with Gasteiger partial charge >= 0.3 is 0 Å². The van der Waals surface area contributed by atoms with Crippen LogP contribution in [0.25, 0.3) is 0 Å². The molecule has 1 saturated carbocycles. The van der Waals surface area contributed by atoms with E-state index in [9.17, 15) is 9.18 Å². The summed E-state index contributed by atoms with van der Waals surface area (Å²) in [5.74, 6) is 0.100. The normalized spacial score (nSPS) is 15.3. The van der Waals surface area contributed by atoms with Crippen LogP contribution in [0.15, 0.2) is 24.3 Å². The van der Waals surface area contributed by atoms with Crippen LogP contribution in [0, 0.1) is 11.7 Å². The van der Waals surface area contributed by atoms with Gasteiger partial charge in [0.05, 0.1) is 6.61 Å². The second kappa shape index (κ2) is 4.53. The minimum absolute atomic E-state index is 0.0555. The summed E-state index contributed by atoms with van der Waals surface area (Å²) in [5, 5.41) is 0. The van der Waals surface area contributed by atoms with Gasteiger partial charge in [-0.1, -0.05) is 12.1 Å². The number of halogens is 1. The van der Waals surface area contributed by atoms with E-state index in [0.29, 0.717) is 18.1 Å². The van der Waals surface area contributed by atoms with Crippen LogP contribution in [0.5, 0.6) is 0 Å². The number of benzene rings is 1. The summed E-state index contributed by atoms with van der Waals surface area (Å²) in [6.45, 7) is 0.709. The Hall–Kier alpha value is -1.22. The molecular formula is C12H13FO2. The lowest BCUT2D eigenvalue weighted by molar-refractivity contribution is 0.0739. The van der Waals surface area contributed by atoms with Crippen LogP contribution in [-0.4, -0.2) is 19.0 Å². The van der Waals surface area contributed by atoms with Crippen LogP contribution in [-0.2, 0) is 4.74 Å². The van der Waals surface area contributed by atoms with Gasteiger partial charge in [0.2, 0.25) is 0 Å². The Morgan fingerprint density at radius 3 is 2.93 bits per heavy atom. The van der Waals surface area contributed by atoms with Gasteiger partial charge in [0.1, 0.15) is 12.4 Å². The Labute approximate surface area is 88.1 Å². The molecule has 15 heavy (non-hydrogen) atoms. The first-order valence-electron chi connectivity index (χ1n) is 5.12. The first kappa shape index (κ1) is 10.3. The second-order valence-corrected chi connectivity index (χ2v) is 3.89. The number of carbonyl (C=O) groups is 1. The molecular weight excluding hydrogens is 195 g/mol. The summed E-state index contributed by atoms with van der Waals surface area (Å²) in [7, 11) is 0. The zero-order valence-electron chi connectivity index (χ0n) is 8.41. The van der Waals surface area contributed by atoms with Crippen molar-refractivity contribution in [2.24, 2.45) is 5.92 Å². The van der Waals surface area contributed by atoms with Gasteiger partial charge < -0.3 is 4.74 Å². The summed E-state index contributed by atoms with van der Waals surface area (Å²) in [5.41, 5.74) is 0.380. The standard InChI is InChI=1S/C12H13FO2/c13-11-3-1-2-10(6-11)12(14)8-15-7-9-4-5-9/h1-3,6,9H,4-5,7-8H2. The minimum Gasteiger partial charge on any atom is -0.373 e. The zero-order chi connectivity index (χ0) is 10.7. The van der Waals surface area contributed by atoms with Gasteiger partial charge in [0.15, 0.2) is 5.78 Å².